The van der Waals surface area contributed by atoms with Crippen molar-refractivity contribution < 1.29 is 9.59 Å². The molecule has 0 bridgehead atoms. The molecule has 0 saturated carbocycles. The Hall–Kier alpha value is -1.45. The minimum atomic E-state index is 0.154. The Morgan fingerprint density at radius 3 is 2.76 bits per heavy atom. The molecule has 1 aliphatic rings. The number of hydrogen-bond donors (Lipinski definition) is 1. The van der Waals surface area contributed by atoms with Crippen molar-refractivity contribution in [1.82, 2.24) is 0 Å². The van der Waals surface area contributed by atoms with E-state index in [1.807, 2.05) is 24.4 Å². The minimum absolute atomic E-state index is 0.154. The topological polar surface area (TPSA) is 32.6 Å². The second kappa shape index (κ2) is 5.25. The van der Waals surface area contributed by atoms with Crippen molar-refractivity contribution in [2.24, 2.45) is 4.99 Å². The van der Waals surface area contributed by atoms with Gasteiger partial charge in [-0.3, -0.25) is 0 Å². The molecule has 90 valence electrons. The minimum Gasteiger partial charge on any atom is -0.396 e. The van der Waals surface area contributed by atoms with Crippen molar-refractivity contribution in [2.75, 3.05) is 19.7 Å². The summed E-state index contributed by atoms with van der Waals surface area (Å²) in [6.07, 6.45) is 2.59. The quantitative estimate of drug-likeness (QED) is 0.772. The van der Waals surface area contributed by atoms with Crippen LogP contribution in [-0.2, 0) is 6.54 Å². The molecule has 0 spiro atoms. The summed E-state index contributed by atoms with van der Waals surface area (Å²) in [4.78, 5) is 4.50. The molecule has 3 heteroatoms. The highest BCUT2D eigenvalue weighted by Gasteiger charge is 2.35. The molecule has 1 heterocycles. The molecule has 0 fully saturated rings. The van der Waals surface area contributed by atoms with E-state index in [2.05, 4.69) is 23.7 Å². The first-order valence-corrected chi connectivity index (χ1v) is 6.00. The third-order valence-electron chi connectivity index (χ3n) is 3.30. The number of aliphatic hydroxyl groups is 1. The van der Waals surface area contributed by atoms with Crippen molar-refractivity contribution >= 4 is 5.84 Å². The van der Waals surface area contributed by atoms with Crippen LogP contribution in [0.15, 0.2) is 48.1 Å². The van der Waals surface area contributed by atoms with Crippen LogP contribution in [0.2, 0.25) is 0 Å². The molecule has 0 aromatic heterocycles. The van der Waals surface area contributed by atoms with Gasteiger partial charge in [-0.05, 0) is 6.58 Å². The lowest BCUT2D eigenvalue weighted by Gasteiger charge is -2.30. The number of hydrogen-bond acceptors (Lipinski definition) is 2. The smallest absolute Gasteiger partial charge is 0.205 e. The zero-order valence-electron chi connectivity index (χ0n) is 10.0. The Labute approximate surface area is 102 Å². The molecule has 0 amide bonds. The number of benzene rings is 1. The number of quaternary nitrogens is 1. The summed E-state index contributed by atoms with van der Waals surface area (Å²) < 4.78 is 0.685. The van der Waals surface area contributed by atoms with E-state index in [0.717, 1.165) is 25.5 Å². The molecule has 17 heavy (non-hydrogen) atoms. The average molecular weight is 231 g/mol. The lowest BCUT2D eigenvalue weighted by Crippen LogP contribution is -2.45. The monoisotopic (exact) mass is 231 g/mol. The van der Waals surface area contributed by atoms with Crippen LogP contribution in [0.25, 0.3) is 0 Å². The molecule has 1 aromatic rings. The predicted octanol–water partition coefficient (Wildman–Crippen LogP) is 1.94. The highest BCUT2D eigenvalue weighted by molar-refractivity contribution is 5.77. The van der Waals surface area contributed by atoms with Gasteiger partial charge in [0.05, 0.1) is 25.8 Å². The fraction of sp³-hybridized carbons (Fsp3) is 0.357. The Kier molecular flexibility index (Phi) is 3.71. The van der Waals surface area contributed by atoms with Gasteiger partial charge in [-0.15, -0.1) is 0 Å². The van der Waals surface area contributed by atoms with E-state index in [0.29, 0.717) is 10.9 Å². The predicted molar refractivity (Wildman–Crippen MR) is 69.5 cm³/mol. The van der Waals surface area contributed by atoms with Crippen molar-refractivity contribution in [2.45, 2.75) is 13.0 Å². The van der Waals surface area contributed by atoms with E-state index in [9.17, 15) is 0 Å². The first-order valence-electron chi connectivity index (χ1n) is 6.00. The molecule has 1 unspecified atom stereocenters. The summed E-state index contributed by atoms with van der Waals surface area (Å²) in [5.41, 5.74) is 1.28. The first kappa shape index (κ1) is 12.0. The van der Waals surface area contributed by atoms with Crippen LogP contribution in [0.1, 0.15) is 12.0 Å². The molecule has 3 nitrogen and oxygen atoms in total. The van der Waals surface area contributed by atoms with Crippen molar-refractivity contribution in [1.29, 1.82) is 0 Å². The summed E-state index contributed by atoms with van der Waals surface area (Å²) in [6, 6.07) is 10.4. The van der Waals surface area contributed by atoms with Crippen molar-refractivity contribution in [3.8, 4) is 0 Å². The van der Waals surface area contributed by atoms with Crippen LogP contribution in [0.5, 0.6) is 0 Å². The molecule has 2 rings (SSSR count). The fourth-order valence-corrected chi connectivity index (χ4v) is 2.37. The molecular formula is C14H19N2O+. The van der Waals surface area contributed by atoms with Crippen LogP contribution in [0.3, 0.4) is 0 Å². The van der Waals surface area contributed by atoms with Gasteiger partial charge in [0.2, 0.25) is 5.84 Å². The zero-order valence-corrected chi connectivity index (χ0v) is 10.0. The normalized spacial score (nSPS) is 23.5. The lowest BCUT2D eigenvalue weighted by molar-refractivity contribution is -0.796. The third-order valence-corrected chi connectivity index (χ3v) is 3.30. The van der Waals surface area contributed by atoms with Gasteiger partial charge < -0.3 is 5.11 Å². The maximum atomic E-state index is 9.10. The zero-order chi connectivity index (χ0) is 12.1. The number of nitrogens with zero attached hydrogens (tertiary/aromatic N) is 2. The van der Waals surface area contributed by atoms with E-state index in [-0.39, 0.29) is 6.61 Å². The lowest BCUT2D eigenvalue weighted by atomic mass is 10.1. The van der Waals surface area contributed by atoms with Crippen LogP contribution in [0.4, 0.5) is 0 Å². The van der Waals surface area contributed by atoms with Gasteiger partial charge in [0.15, 0.2) is 0 Å². The molecule has 1 aromatic carbocycles. The summed E-state index contributed by atoms with van der Waals surface area (Å²) in [5.74, 6) is 1.05. The fourth-order valence-electron chi connectivity index (χ4n) is 2.37. The molecule has 0 radical (unpaired) electrons. The van der Waals surface area contributed by atoms with E-state index < -0.39 is 0 Å². The Balaban J connectivity index is 2.21. The molecule has 1 aliphatic heterocycles. The van der Waals surface area contributed by atoms with E-state index in [4.69, 9.17) is 5.11 Å². The van der Waals surface area contributed by atoms with Crippen LogP contribution < -0.4 is 0 Å². The van der Waals surface area contributed by atoms with Crippen LogP contribution in [0, 0.1) is 0 Å². The van der Waals surface area contributed by atoms with Crippen molar-refractivity contribution in [3.63, 3.8) is 0 Å². The maximum absolute atomic E-state index is 9.10. The van der Waals surface area contributed by atoms with Crippen LogP contribution >= 0.6 is 0 Å². The second-order valence-electron chi connectivity index (χ2n) is 4.36. The molecule has 0 saturated heterocycles. The Bertz CT molecular complexity index is 413. The number of aliphatic hydroxyl groups excluding tert-OH is 1. The maximum Gasteiger partial charge on any atom is 0.205 e. The van der Waals surface area contributed by atoms with Gasteiger partial charge in [0.25, 0.3) is 0 Å². The number of amidine groups is 1. The van der Waals surface area contributed by atoms with Crippen molar-refractivity contribution in [3.05, 3.63) is 48.7 Å². The third kappa shape index (κ3) is 2.46. The second-order valence-corrected chi connectivity index (χ2v) is 4.36. The summed E-state index contributed by atoms with van der Waals surface area (Å²) in [7, 11) is 0. The van der Waals surface area contributed by atoms with Gasteiger partial charge in [-0.1, -0.05) is 30.3 Å². The highest BCUT2D eigenvalue weighted by atomic mass is 16.3. The average Bonchev–Trinajstić information content (AvgIpc) is 2.75. The SMILES string of the molecule is C=C[N+]1(Cc2ccccc2)CCN=C1CCO. The van der Waals surface area contributed by atoms with E-state index in [1.165, 1.54) is 5.56 Å². The summed E-state index contributed by atoms with van der Waals surface area (Å²) >= 11 is 0. The summed E-state index contributed by atoms with van der Waals surface area (Å²) in [6.45, 7) is 6.77. The molecule has 0 aliphatic carbocycles. The standard InChI is InChI=1S/C14H19N2O/c1-2-16(10-9-15-14(16)8-11-17)12-13-6-4-3-5-7-13/h2-7,17H,1,8-12H2/q+1. The van der Waals surface area contributed by atoms with Crippen LogP contribution in [-0.4, -0.2) is 35.1 Å². The largest absolute Gasteiger partial charge is 0.396 e. The Morgan fingerprint density at radius 2 is 2.12 bits per heavy atom. The molecule has 1 atom stereocenters. The van der Waals surface area contributed by atoms with E-state index >= 15 is 0 Å². The van der Waals surface area contributed by atoms with Gasteiger partial charge in [-0.2, -0.15) is 0 Å². The highest BCUT2D eigenvalue weighted by Crippen LogP contribution is 2.22. The van der Waals surface area contributed by atoms with Gasteiger partial charge >= 0.3 is 0 Å². The molecular weight excluding hydrogens is 212 g/mol. The van der Waals surface area contributed by atoms with Gasteiger partial charge in [0, 0.05) is 5.56 Å². The Morgan fingerprint density at radius 1 is 1.35 bits per heavy atom. The molecule has 1 N–H and O–H groups in total. The first-order chi connectivity index (χ1) is 8.30. The van der Waals surface area contributed by atoms with Gasteiger partial charge in [0.1, 0.15) is 13.1 Å². The number of rotatable bonds is 5. The van der Waals surface area contributed by atoms with E-state index in [1.54, 1.807) is 0 Å². The van der Waals surface area contributed by atoms with Gasteiger partial charge in [-0.25, -0.2) is 9.48 Å². The summed E-state index contributed by atoms with van der Waals surface area (Å²) in [5, 5.41) is 9.10. The number of aliphatic imine (C=N–C) groups is 1.